The maximum Gasteiger partial charge on any atom is 0.255 e. The molecule has 17 heavy (non-hydrogen) atoms. The second kappa shape index (κ2) is 5.23. The van der Waals surface area contributed by atoms with Gasteiger partial charge in [-0.15, -0.1) is 0 Å². The lowest BCUT2D eigenvalue weighted by Gasteiger charge is -2.20. The van der Waals surface area contributed by atoms with Crippen molar-refractivity contribution in [1.29, 1.82) is 0 Å². The number of hydrogen-bond donors (Lipinski definition) is 2. The third-order valence-electron chi connectivity index (χ3n) is 2.88. The molecule has 1 aliphatic rings. The highest BCUT2D eigenvalue weighted by Gasteiger charge is 2.18. The van der Waals surface area contributed by atoms with E-state index in [4.69, 9.17) is 17.3 Å². The number of nitrogens with one attached hydrogen (secondary N) is 1. The standard InChI is InChI=1S/C13H15ClN2O/c14-10-7-4-8-11(15)12(10)13(17)16-9-5-2-1-3-6-9/h1-2,4,7-9H,3,5-6,15H2,(H,16,17). The number of carbonyl (C=O) groups is 1. The molecule has 0 bridgehead atoms. The van der Waals surface area contributed by atoms with E-state index in [0.717, 1.165) is 19.3 Å². The van der Waals surface area contributed by atoms with E-state index < -0.39 is 0 Å². The summed E-state index contributed by atoms with van der Waals surface area (Å²) >= 11 is 5.99. The summed E-state index contributed by atoms with van der Waals surface area (Å²) in [5.41, 5.74) is 6.56. The molecule has 1 aromatic carbocycles. The average Bonchev–Trinajstić information content (AvgIpc) is 2.30. The summed E-state index contributed by atoms with van der Waals surface area (Å²) in [6, 6.07) is 5.27. The quantitative estimate of drug-likeness (QED) is 0.626. The van der Waals surface area contributed by atoms with Gasteiger partial charge in [0.25, 0.3) is 5.91 Å². The third-order valence-corrected chi connectivity index (χ3v) is 3.19. The molecule has 1 aliphatic carbocycles. The van der Waals surface area contributed by atoms with E-state index in [1.807, 2.05) is 0 Å². The fraction of sp³-hybridized carbons (Fsp3) is 0.308. The number of halogens is 1. The molecule has 0 spiro atoms. The number of carbonyl (C=O) groups excluding carboxylic acids is 1. The van der Waals surface area contributed by atoms with Crippen LogP contribution in [-0.2, 0) is 0 Å². The highest BCUT2D eigenvalue weighted by Crippen LogP contribution is 2.22. The molecule has 0 aliphatic heterocycles. The summed E-state index contributed by atoms with van der Waals surface area (Å²) in [6.07, 6.45) is 7.06. The zero-order valence-corrected chi connectivity index (χ0v) is 10.2. The van der Waals surface area contributed by atoms with E-state index in [2.05, 4.69) is 17.5 Å². The maximum absolute atomic E-state index is 12.1. The molecular formula is C13H15ClN2O. The van der Waals surface area contributed by atoms with Gasteiger partial charge in [-0.25, -0.2) is 0 Å². The maximum atomic E-state index is 12.1. The molecule has 1 unspecified atom stereocenters. The summed E-state index contributed by atoms with van der Waals surface area (Å²) in [5, 5.41) is 3.36. The lowest BCUT2D eigenvalue weighted by atomic mass is 10.0. The summed E-state index contributed by atoms with van der Waals surface area (Å²) in [5.74, 6) is -0.187. The molecule has 3 nitrogen and oxygen atoms in total. The van der Waals surface area contributed by atoms with Crippen LogP contribution in [0.2, 0.25) is 5.02 Å². The summed E-state index contributed by atoms with van der Waals surface area (Å²) < 4.78 is 0. The van der Waals surface area contributed by atoms with E-state index in [1.54, 1.807) is 18.2 Å². The lowest BCUT2D eigenvalue weighted by molar-refractivity contribution is 0.0936. The third kappa shape index (κ3) is 2.80. The minimum absolute atomic E-state index is 0.183. The summed E-state index contributed by atoms with van der Waals surface area (Å²) in [6.45, 7) is 0. The van der Waals surface area contributed by atoms with E-state index in [-0.39, 0.29) is 11.9 Å². The smallest absolute Gasteiger partial charge is 0.255 e. The van der Waals surface area contributed by atoms with Crippen LogP contribution in [0.15, 0.2) is 30.4 Å². The number of nitrogen functional groups attached to an aromatic ring is 1. The molecule has 2 rings (SSSR count). The van der Waals surface area contributed by atoms with Crippen molar-refractivity contribution < 1.29 is 4.79 Å². The average molecular weight is 251 g/mol. The largest absolute Gasteiger partial charge is 0.398 e. The van der Waals surface area contributed by atoms with Crippen LogP contribution in [0.4, 0.5) is 5.69 Å². The van der Waals surface area contributed by atoms with Crippen LogP contribution in [-0.4, -0.2) is 11.9 Å². The first-order chi connectivity index (χ1) is 8.18. The fourth-order valence-corrected chi connectivity index (χ4v) is 2.23. The van der Waals surface area contributed by atoms with Crippen molar-refractivity contribution in [2.24, 2.45) is 0 Å². The topological polar surface area (TPSA) is 55.1 Å². The number of allylic oxidation sites excluding steroid dienone is 1. The Bertz CT molecular complexity index is 436. The van der Waals surface area contributed by atoms with E-state index >= 15 is 0 Å². The van der Waals surface area contributed by atoms with Crippen molar-refractivity contribution >= 4 is 23.2 Å². The van der Waals surface area contributed by atoms with Crippen molar-refractivity contribution in [1.82, 2.24) is 5.32 Å². The Hall–Kier alpha value is -1.48. The fourth-order valence-electron chi connectivity index (χ4n) is 1.96. The molecule has 0 fully saturated rings. The van der Waals surface area contributed by atoms with E-state index in [9.17, 15) is 4.79 Å². The van der Waals surface area contributed by atoms with Crippen molar-refractivity contribution in [3.05, 3.63) is 40.9 Å². The van der Waals surface area contributed by atoms with Crippen LogP contribution in [0.5, 0.6) is 0 Å². The second-order valence-corrected chi connectivity index (χ2v) is 4.57. The molecule has 1 atom stereocenters. The highest BCUT2D eigenvalue weighted by atomic mass is 35.5. The van der Waals surface area contributed by atoms with Crippen LogP contribution in [0.3, 0.4) is 0 Å². The minimum Gasteiger partial charge on any atom is -0.398 e. The number of hydrogen-bond acceptors (Lipinski definition) is 2. The summed E-state index contributed by atoms with van der Waals surface area (Å²) in [4.78, 5) is 12.1. The van der Waals surface area contributed by atoms with Crippen LogP contribution in [0, 0.1) is 0 Å². The van der Waals surface area contributed by atoms with Crippen LogP contribution in [0.1, 0.15) is 29.6 Å². The number of rotatable bonds is 2. The number of anilines is 1. The van der Waals surface area contributed by atoms with Gasteiger partial charge in [-0.1, -0.05) is 29.8 Å². The molecule has 0 heterocycles. The predicted octanol–water partition coefficient (Wildman–Crippen LogP) is 2.76. The Morgan fingerprint density at radius 3 is 2.88 bits per heavy atom. The van der Waals surface area contributed by atoms with E-state index in [0.29, 0.717) is 16.3 Å². The molecule has 0 aromatic heterocycles. The van der Waals surface area contributed by atoms with Gasteiger partial charge in [-0.05, 0) is 31.4 Å². The SMILES string of the molecule is Nc1cccc(Cl)c1C(=O)NC1CC=CCC1. The van der Waals surface area contributed by atoms with Gasteiger partial charge in [0.15, 0.2) is 0 Å². The first-order valence-electron chi connectivity index (χ1n) is 5.68. The number of benzene rings is 1. The van der Waals surface area contributed by atoms with Gasteiger partial charge in [0, 0.05) is 11.7 Å². The summed E-state index contributed by atoms with van der Waals surface area (Å²) in [7, 11) is 0. The first kappa shape index (κ1) is 12.0. The first-order valence-corrected chi connectivity index (χ1v) is 6.06. The Morgan fingerprint density at radius 2 is 2.24 bits per heavy atom. The Labute approximate surface area is 106 Å². The lowest BCUT2D eigenvalue weighted by Crippen LogP contribution is -2.35. The van der Waals surface area contributed by atoms with Crippen LogP contribution in [0.25, 0.3) is 0 Å². The molecule has 3 N–H and O–H groups in total. The number of nitrogens with two attached hydrogens (primary N) is 1. The molecule has 4 heteroatoms. The predicted molar refractivity (Wildman–Crippen MR) is 70.1 cm³/mol. The van der Waals surface area contributed by atoms with E-state index in [1.165, 1.54) is 0 Å². The van der Waals surface area contributed by atoms with Gasteiger partial charge in [0.05, 0.1) is 10.6 Å². The van der Waals surface area contributed by atoms with Gasteiger partial charge < -0.3 is 11.1 Å². The second-order valence-electron chi connectivity index (χ2n) is 4.16. The molecule has 90 valence electrons. The van der Waals surface area contributed by atoms with Gasteiger partial charge >= 0.3 is 0 Å². The van der Waals surface area contributed by atoms with Gasteiger partial charge in [-0.3, -0.25) is 4.79 Å². The zero-order valence-electron chi connectivity index (χ0n) is 9.45. The zero-order chi connectivity index (χ0) is 12.3. The molecule has 0 saturated heterocycles. The molecular weight excluding hydrogens is 236 g/mol. The normalized spacial score (nSPS) is 19.0. The van der Waals surface area contributed by atoms with Crippen molar-refractivity contribution in [3.8, 4) is 0 Å². The monoisotopic (exact) mass is 250 g/mol. The Morgan fingerprint density at radius 1 is 1.41 bits per heavy atom. The molecule has 1 aromatic rings. The Balaban J connectivity index is 2.11. The van der Waals surface area contributed by atoms with Crippen LogP contribution < -0.4 is 11.1 Å². The minimum atomic E-state index is -0.187. The molecule has 0 saturated carbocycles. The van der Waals surface area contributed by atoms with Crippen molar-refractivity contribution in [2.75, 3.05) is 5.73 Å². The van der Waals surface area contributed by atoms with Crippen molar-refractivity contribution in [2.45, 2.75) is 25.3 Å². The Kier molecular flexibility index (Phi) is 3.69. The molecule has 0 radical (unpaired) electrons. The molecule has 1 amide bonds. The van der Waals surface area contributed by atoms with Crippen molar-refractivity contribution in [3.63, 3.8) is 0 Å². The van der Waals surface area contributed by atoms with Gasteiger partial charge in [0.2, 0.25) is 0 Å². The number of amides is 1. The van der Waals surface area contributed by atoms with Crippen LogP contribution >= 0.6 is 11.6 Å². The van der Waals surface area contributed by atoms with Gasteiger partial charge in [-0.2, -0.15) is 0 Å². The highest BCUT2D eigenvalue weighted by molar-refractivity contribution is 6.34. The van der Waals surface area contributed by atoms with Gasteiger partial charge in [0.1, 0.15) is 0 Å².